The van der Waals surface area contributed by atoms with Crippen molar-refractivity contribution >= 4 is 27.8 Å². The lowest BCUT2D eigenvalue weighted by molar-refractivity contribution is 0.0962. The molecule has 3 aromatic carbocycles. The molecule has 5 rings (SSSR count). The van der Waals surface area contributed by atoms with Gasteiger partial charge >= 0.3 is 0 Å². The highest BCUT2D eigenvalue weighted by Gasteiger charge is 2.23. The average Bonchev–Trinajstić information content (AvgIpc) is 3.31. The van der Waals surface area contributed by atoms with Crippen molar-refractivity contribution in [2.45, 2.75) is 0 Å². The van der Waals surface area contributed by atoms with E-state index in [1.54, 1.807) is 36.5 Å². The summed E-state index contributed by atoms with van der Waals surface area (Å²) in [6.45, 7) is 0. The van der Waals surface area contributed by atoms with Crippen molar-refractivity contribution in [1.82, 2.24) is 4.57 Å². The number of ether oxygens (including phenoxy) is 4. The minimum absolute atomic E-state index is 0.223. The second kappa shape index (κ2) is 9.14. The van der Waals surface area contributed by atoms with Gasteiger partial charge in [0.1, 0.15) is 22.5 Å². The van der Waals surface area contributed by atoms with Crippen LogP contribution in [0.5, 0.6) is 23.0 Å². The van der Waals surface area contributed by atoms with E-state index >= 15 is 0 Å². The van der Waals surface area contributed by atoms with Crippen molar-refractivity contribution < 1.29 is 28.2 Å². The number of carbonyl (C=O) groups excluding carboxylic acids is 1. The average molecular weight is 485 g/mol. The number of fused-ring (bicyclic) bond motifs is 2. The molecule has 0 atom stereocenters. The minimum Gasteiger partial charge on any atom is -0.496 e. The van der Waals surface area contributed by atoms with Gasteiger partial charge in [-0.2, -0.15) is 0 Å². The monoisotopic (exact) mass is 485 g/mol. The topological polar surface area (TPSA) is 89.1 Å². The van der Waals surface area contributed by atoms with Gasteiger partial charge in [0, 0.05) is 29.3 Å². The molecule has 0 saturated carbocycles. The van der Waals surface area contributed by atoms with E-state index in [-0.39, 0.29) is 28.1 Å². The molecule has 2 aromatic heterocycles. The van der Waals surface area contributed by atoms with Crippen LogP contribution in [-0.4, -0.2) is 38.9 Å². The second-order valence-electron chi connectivity index (χ2n) is 7.93. The number of carbonyl (C=O) groups is 1. The number of aromatic nitrogens is 1. The summed E-state index contributed by atoms with van der Waals surface area (Å²) >= 11 is 0. The van der Waals surface area contributed by atoms with E-state index in [0.29, 0.717) is 39.7 Å². The van der Waals surface area contributed by atoms with E-state index in [9.17, 15) is 9.59 Å². The summed E-state index contributed by atoms with van der Waals surface area (Å²) in [4.78, 5) is 26.8. The van der Waals surface area contributed by atoms with E-state index in [0.717, 1.165) is 5.39 Å². The third-order valence-corrected chi connectivity index (χ3v) is 6.06. The van der Waals surface area contributed by atoms with Crippen LogP contribution >= 0.6 is 0 Å². The van der Waals surface area contributed by atoms with Crippen LogP contribution in [0.1, 0.15) is 10.4 Å². The van der Waals surface area contributed by atoms with Crippen LogP contribution in [0.4, 0.5) is 0 Å². The summed E-state index contributed by atoms with van der Waals surface area (Å²) in [5.41, 5.74) is 1.60. The molecule has 0 radical (unpaired) electrons. The fourth-order valence-corrected chi connectivity index (χ4v) is 4.41. The number of methoxy groups -OCH3 is 4. The Labute approximate surface area is 206 Å². The number of rotatable bonds is 6. The normalized spacial score (nSPS) is 11.0. The van der Waals surface area contributed by atoms with Gasteiger partial charge in [-0.3, -0.25) is 14.2 Å². The van der Waals surface area contributed by atoms with Crippen LogP contribution in [0.2, 0.25) is 0 Å². The first-order valence-electron chi connectivity index (χ1n) is 11.1. The number of para-hydroxylation sites is 2. The summed E-state index contributed by atoms with van der Waals surface area (Å²) in [5, 5.41) is 0.975. The van der Waals surface area contributed by atoms with Crippen molar-refractivity contribution in [3.63, 3.8) is 0 Å². The van der Waals surface area contributed by atoms with Crippen LogP contribution in [0.15, 0.2) is 76.1 Å². The molecule has 8 nitrogen and oxygen atoms in total. The summed E-state index contributed by atoms with van der Waals surface area (Å²) in [6, 6.07) is 17.4. The lowest BCUT2D eigenvalue weighted by Gasteiger charge is -2.14. The lowest BCUT2D eigenvalue weighted by atomic mass is 10.1. The molecule has 0 spiro atoms. The van der Waals surface area contributed by atoms with Gasteiger partial charge < -0.3 is 23.4 Å². The molecule has 0 saturated heterocycles. The van der Waals surface area contributed by atoms with Crippen molar-refractivity contribution in [3.8, 4) is 34.3 Å². The van der Waals surface area contributed by atoms with Crippen LogP contribution in [0.3, 0.4) is 0 Å². The SMILES string of the molecule is COc1ccccc1C(=O)n1cc(-c2cc(=O)c3c(OC)c(OC)c(OC)cc3o2)c2ccccc21. The Morgan fingerprint density at radius 2 is 1.50 bits per heavy atom. The molecule has 0 bridgehead atoms. The maximum Gasteiger partial charge on any atom is 0.266 e. The van der Waals surface area contributed by atoms with Gasteiger partial charge in [0.15, 0.2) is 16.9 Å². The van der Waals surface area contributed by atoms with E-state index in [4.69, 9.17) is 23.4 Å². The third-order valence-electron chi connectivity index (χ3n) is 6.06. The highest BCUT2D eigenvalue weighted by molar-refractivity contribution is 6.07. The van der Waals surface area contributed by atoms with Crippen molar-refractivity contribution in [2.75, 3.05) is 28.4 Å². The van der Waals surface area contributed by atoms with Crippen molar-refractivity contribution in [3.05, 3.63) is 82.6 Å². The van der Waals surface area contributed by atoms with Gasteiger partial charge in [-0.05, 0) is 18.2 Å². The largest absolute Gasteiger partial charge is 0.496 e. The van der Waals surface area contributed by atoms with Gasteiger partial charge in [0.05, 0.1) is 39.5 Å². The molecule has 0 N–H and O–H groups in total. The zero-order valence-corrected chi connectivity index (χ0v) is 20.2. The molecule has 182 valence electrons. The Bertz CT molecular complexity index is 1680. The van der Waals surface area contributed by atoms with Gasteiger partial charge in [-0.25, -0.2) is 0 Å². The summed E-state index contributed by atoms with van der Waals surface area (Å²) < 4.78 is 29.4. The number of benzene rings is 3. The molecule has 8 heteroatoms. The van der Waals surface area contributed by atoms with Gasteiger partial charge in [-0.1, -0.05) is 30.3 Å². The fourth-order valence-electron chi connectivity index (χ4n) is 4.41. The smallest absolute Gasteiger partial charge is 0.266 e. The maximum atomic E-state index is 13.5. The highest BCUT2D eigenvalue weighted by atomic mass is 16.5. The van der Waals surface area contributed by atoms with Crippen LogP contribution in [0, 0.1) is 0 Å². The van der Waals surface area contributed by atoms with Crippen LogP contribution in [-0.2, 0) is 0 Å². The molecule has 0 aliphatic rings. The number of nitrogens with zero attached hydrogens (tertiary/aromatic N) is 1. The third kappa shape index (κ3) is 3.54. The van der Waals surface area contributed by atoms with Gasteiger partial charge in [-0.15, -0.1) is 0 Å². The number of hydrogen-bond donors (Lipinski definition) is 0. The van der Waals surface area contributed by atoms with Crippen molar-refractivity contribution in [1.29, 1.82) is 0 Å². The fraction of sp³-hybridized carbons (Fsp3) is 0.143. The Kier molecular flexibility index (Phi) is 5.85. The van der Waals surface area contributed by atoms with E-state index in [1.165, 1.54) is 39.1 Å². The van der Waals surface area contributed by atoms with Crippen LogP contribution in [0.25, 0.3) is 33.2 Å². The molecule has 2 heterocycles. The first-order chi connectivity index (χ1) is 17.5. The molecular formula is C28H23NO7. The zero-order chi connectivity index (χ0) is 25.4. The first kappa shape index (κ1) is 23.0. The highest BCUT2D eigenvalue weighted by Crippen LogP contribution is 2.43. The van der Waals surface area contributed by atoms with E-state index in [1.807, 2.05) is 24.3 Å². The second-order valence-corrected chi connectivity index (χ2v) is 7.93. The molecule has 0 fully saturated rings. The van der Waals surface area contributed by atoms with E-state index < -0.39 is 0 Å². The Balaban J connectivity index is 1.75. The van der Waals surface area contributed by atoms with Crippen LogP contribution < -0.4 is 24.4 Å². The molecule has 0 amide bonds. The molecule has 5 aromatic rings. The first-order valence-corrected chi connectivity index (χ1v) is 11.1. The zero-order valence-electron chi connectivity index (χ0n) is 20.2. The quantitative estimate of drug-likeness (QED) is 0.329. The molecule has 36 heavy (non-hydrogen) atoms. The maximum absolute atomic E-state index is 13.5. The van der Waals surface area contributed by atoms with Gasteiger partial charge in [0.25, 0.3) is 5.91 Å². The molecule has 0 aliphatic heterocycles. The Hall–Kier alpha value is -4.72. The summed E-state index contributed by atoms with van der Waals surface area (Å²) in [5.74, 6) is 1.37. The molecular weight excluding hydrogens is 462 g/mol. The Morgan fingerprint density at radius 3 is 2.22 bits per heavy atom. The van der Waals surface area contributed by atoms with E-state index in [2.05, 4.69) is 0 Å². The predicted octanol–water partition coefficient (Wildman–Crippen LogP) is 5.14. The van der Waals surface area contributed by atoms with Crippen molar-refractivity contribution in [2.24, 2.45) is 0 Å². The predicted molar refractivity (Wildman–Crippen MR) is 136 cm³/mol. The standard InChI is InChI=1S/C28H23NO7/c1-32-21-12-8-6-10-17(21)28(31)29-15-18(16-9-5-7-11-19(16)29)22-13-20(30)25-23(36-22)14-24(33-2)26(34-3)27(25)35-4/h5-15H,1-4H3. The lowest BCUT2D eigenvalue weighted by Crippen LogP contribution is -2.12. The number of hydrogen-bond acceptors (Lipinski definition) is 7. The molecule has 0 aliphatic carbocycles. The Morgan fingerprint density at radius 1 is 0.806 bits per heavy atom. The molecule has 0 unspecified atom stereocenters. The van der Waals surface area contributed by atoms with Gasteiger partial charge in [0.2, 0.25) is 5.75 Å². The summed E-state index contributed by atoms with van der Waals surface area (Å²) in [7, 11) is 5.92. The minimum atomic E-state index is -0.322. The summed E-state index contributed by atoms with van der Waals surface area (Å²) in [6.07, 6.45) is 1.67.